The number of ether oxygens (including phenoxy) is 1. The van der Waals surface area contributed by atoms with E-state index in [2.05, 4.69) is 0 Å². The van der Waals surface area contributed by atoms with Gasteiger partial charge in [-0.15, -0.1) is 0 Å². The standard InChI is InChI=1S/C20H18ClF4NO3/c1-29-17-7-5-12(10-15(17)22)18(26-8-2-3-16(26)19(27)28)11-4-6-14(21)13(9-11)20(23,24)25/h4-7,9-10,16,18H,2-3,8H2,1H3,(H,27,28). The molecule has 0 aliphatic carbocycles. The molecule has 4 nitrogen and oxygen atoms in total. The van der Waals surface area contributed by atoms with Crippen LogP contribution in [0.1, 0.15) is 35.6 Å². The van der Waals surface area contributed by atoms with Crippen LogP contribution in [0.2, 0.25) is 5.02 Å². The van der Waals surface area contributed by atoms with Gasteiger partial charge in [0, 0.05) is 6.54 Å². The van der Waals surface area contributed by atoms with Crippen LogP contribution < -0.4 is 4.74 Å². The molecule has 0 radical (unpaired) electrons. The minimum Gasteiger partial charge on any atom is -0.494 e. The highest BCUT2D eigenvalue weighted by Gasteiger charge is 2.39. The van der Waals surface area contributed by atoms with Crippen LogP contribution in [-0.2, 0) is 11.0 Å². The number of halogens is 5. The summed E-state index contributed by atoms with van der Waals surface area (Å²) in [5.41, 5.74) is -0.520. The zero-order chi connectivity index (χ0) is 21.3. The zero-order valence-electron chi connectivity index (χ0n) is 15.3. The Bertz CT molecular complexity index is 919. The number of methoxy groups -OCH3 is 1. The Balaban J connectivity index is 2.16. The number of rotatable bonds is 5. The molecule has 156 valence electrons. The zero-order valence-corrected chi connectivity index (χ0v) is 16.1. The van der Waals surface area contributed by atoms with Crippen molar-refractivity contribution in [3.63, 3.8) is 0 Å². The lowest BCUT2D eigenvalue weighted by molar-refractivity contribution is -0.143. The van der Waals surface area contributed by atoms with E-state index in [-0.39, 0.29) is 11.3 Å². The number of carboxylic acid groups (broad SMARTS) is 1. The smallest absolute Gasteiger partial charge is 0.417 e. The molecule has 0 saturated carbocycles. The third kappa shape index (κ3) is 4.33. The predicted octanol–water partition coefficient (Wildman–Crippen LogP) is 5.14. The van der Waals surface area contributed by atoms with E-state index >= 15 is 0 Å². The summed E-state index contributed by atoms with van der Waals surface area (Å²) < 4.78 is 59.4. The van der Waals surface area contributed by atoms with Crippen molar-refractivity contribution in [1.82, 2.24) is 4.90 Å². The van der Waals surface area contributed by atoms with Gasteiger partial charge >= 0.3 is 12.1 Å². The molecule has 2 atom stereocenters. The van der Waals surface area contributed by atoms with E-state index in [4.69, 9.17) is 16.3 Å². The van der Waals surface area contributed by atoms with Gasteiger partial charge in [-0.3, -0.25) is 9.69 Å². The molecular formula is C20H18ClF4NO3. The van der Waals surface area contributed by atoms with Gasteiger partial charge in [-0.25, -0.2) is 4.39 Å². The molecule has 1 saturated heterocycles. The monoisotopic (exact) mass is 431 g/mol. The Morgan fingerprint density at radius 1 is 1.24 bits per heavy atom. The molecule has 9 heteroatoms. The molecule has 2 unspecified atom stereocenters. The summed E-state index contributed by atoms with van der Waals surface area (Å²) >= 11 is 5.73. The topological polar surface area (TPSA) is 49.8 Å². The third-order valence-corrected chi connectivity index (χ3v) is 5.34. The minimum absolute atomic E-state index is 0.0178. The van der Waals surface area contributed by atoms with Crippen LogP contribution in [0, 0.1) is 5.82 Å². The molecule has 0 aromatic heterocycles. The SMILES string of the molecule is COc1ccc(C(c2ccc(Cl)c(C(F)(F)F)c2)N2CCCC2C(=O)O)cc1F. The van der Waals surface area contributed by atoms with Crippen LogP contribution >= 0.6 is 11.6 Å². The maximum Gasteiger partial charge on any atom is 0.417 e. The highest BCUT2D eigenvalue weighted by atomic mass is 35.5. The van der Waals surface area contributed by atoms with Gasteiger partial charge in [0.05, 0.1) is 23.7 Å². The molecule has 0 amide bonds. The molecule has 0 spiro atoms. The largest absolute Gasteiger partial charge is 0.494 e. The summed E-state index contributed by atoms with van der Waals surface area (Å²) in [6.45, 7) is 0.346. The summed E-state index contributed by atoms with van der Waals surface area (Å²) in [4.78, 5) is 13.3. The first-order valence-corrected chi connectivity index (χ1v) is 9.20. The van der Waals surface area contributed by atoms with E-state index in [1.54, 1.807) is 4.90 Å². The fourth-order valence-corrected chi connectivity index (χ4v) is 3.95. The van der Waals surface area contributed by atoms with E-state index in [1.165, 1.54) is 25.3 Å². The van der Waals surface area contributed by atoms with Crippen molar-refractivity contribution in [3.8, 4) is 5.75 Å². The molecule has 1 N–H and O–H groups in total. The summed E-state index contributed by atoms with van der Waals surface area (Å²) in [6.07, 6.45) is -3.77. The summed E-state index contributed by atoms with van der Waals surface area (Å²) in [6, 6.07) is 5.68. The molecule has 2 aromatic carbocycles. The Morgan fingerprint density at radius 3 is 2.48 bits per heavy atom. The van der Waals surface area contributed by atoms with Crippen LogP contribution in [0.15, 0.2) is 36.4 Å². The van der Waals surface area contributed by atoms with Crippen molar-refractivity contribution in [1.29, 1.82) is 0 Å². The second-order valence-corrected chi connectivity index (χ2v) is 7.17. The number of hydrogen-bond donors (Lipinski definition) is 1. The molecule has 0 bridgehead atoms. The lowest BCUT2D eigenvalue weighted by atomic mass is 9.94. The number of aliphatic carboxylic acids is 1. The van der Waals surface area contributed by atoms with Gasteiger partial charge in [0.1, 0.15) is 6.04 Å². The van der Waals surface area contributed by atoms with Crippen LogP contribution in [0.3, 0.4) is 0 Å². The van der Waals surface area contributed by atoms with E-state index in [0.717, 1.165) is 18.2 Å². The summed E-state index contributed by atoms with van der Waals surface area (Å²) in [5.74, 6) is -1.78. The van der Waals surface area contributed by atoms with Gasteiger partial charge in [-0.2, -0.15) is 13.2 Å². The van der Waals surface area contributed by atoms with Crippen molar-refractivity contribution < 1.29 is 32.2 Å². The molecule has 3 rings (SSSR count). The number of hydrogen-bond acceptors (Lipinski definition) is 3. The lowest BCUT2D eigenvalue weighted by Crippen LogP contribution is -2.39. The fraction of sp³-hybridized carbons (Fsp3) is 0.350. The first-order chi connectivity index (χ1) is 13.6. The van der Waals surface area contributed by atoms with Gasteiger partial charge in [-0.05, 0) is 48.2 Å². The van der Waals surface area contributed by atoms with E-state index in [1.807, 2.05) is 0 Å². The number of carbonyl (C=O) groups is 1. The van der Waals surface area contributed by atoms with Crippen molar-refractivity contribution in [3.05, 3.63) is 63.9 Å². The highest BCUT2D eigenvalue weighted by molar-refractivity contribution is 6.31. The van der Waals surface area contributed by atoms with Crippen LogP contribution in [-0.4, -0.2) is 35.7 Å². The second-order valence-electron chi connectivity index (χ2n) is 6.77. The van der Waals surface area contributed by atoms with E-state index < -0.39 is 40.6 Å². The van der Waals surface area contributed by atoms with E-state index in [9.17, 15) is 27.5 Å². The number of carboxylic acids is 1. The maximum atomic E-state index is 14.3. The van der Waals surface area contributed by atoms with Gasteiger partial charge < -0.3 is 9.84 Å². The van der Waals surface area contributed by atoms with Gasteiger partial charge in [-0.1, -0.05) is 23.7 Å². The van der Waals surface area contributed by atoms with E-state index in [0.29, 0.717) is 24.9 Å². The van der Waals surface area contributed by atoms with Crippen LogP contribution in [0.4, 0.5) is 17.6 Å². The molecule has 2 aromatic rings. The average molecular weight is 432 g/mol. The third-order valence-electron chi connectivity index (χ3n) is 5.01. The predicted molar refractivity (Wildman–Crippen MR) is 98.6 cm³/mol. The average Bonchev–Trinajstić information content (AvgIpc) is 3.12. The normalized spacial score (nSPS) is 18.6. The number of benzene rings is 2. The Labute approximate surface area is 169 Å². The summed E-state index contributed by atoms with van der Waals surface area (Å²) in [5, 5.41) is 9.09. The van der Waals surface area contributed by atoms with Gasteiger partial charge in [0.2, 0.25) is 0 Å². The van der Waals surface area contributed by atoms with Crippen LogP contribution in [0.25, 0.3) is 0 Å². The first kappa shape index (κ1) is 21.4. The summed E-state index contributed by atoms with van der Waals surface area (Å²) in [7, 11) is 1.30. The Kier molecular flexibility index (Phi) is 6.05. The quantitative estimate of drug-likeness (QED) is 0.666. The Morgan fingerprint density at radius 2 is 1.90 bits per heavy atom. The number of alkyl halides is 3. The van der Waals surface area contributed by atoms with Crippen molar-refractivity contribution in [2.45, 2.75) is 31.1 Å². The van der Waals surface area contributed by atoms with Crippen molar-refractivity contribution in [2.75, 3.05) is 13.7 Å². The molecular weight excluding hydrogens is 414 g/mol. The van der Waals surface area contributed by atoms with Crippen molar-refractivity contribution >= 4 is 17.6 Å². The molecule has 1 aliphatic rings. The lowest BCUT2D eigenvalue weighted by Gasteiger charge is -2.32. The second kappa shape index (κ2) is 8.20. The maximum absolute atomic E-state index is 14.3. The molecule has 29 heavy (non-hydrogen) atoms. The number of likely N-dealkylation sites (tertiary alicyclic amines) is 1. The van der Waals surface area contributed by atoms with Crippen LogP contribution in [0.5, 0.6) is 5.75 Å². The first-order valence-electron chi connectivity index (χ1n) is 8.82. The van der Waals surface area contributed by atoms with Crippen molar-refractivity contribution in [2.24, 2.45) is 0 Å². The minimum atomic E-state index is -4.68. The molecule has 1 aliphatic heterocycles. The van der Waals surface area contributed by atoms with Gasteiger partial charge in [0.15, 0.2) is 11.6 Å². The highest BCUT2D eigenvalue weighted by Crippen LogP contribution is 2.41. The Hall–Kier alpha value is -2.32. The molecule has 1 heterocycles. The van der Waals surface area contributed by atoms with Gasteiger partial charge in [0.25, 0.3) is 0 Å². The molecule has 1 fully saturated rings. The fourth-order valence-electron chi connectivity index (χ4n) is 3.72. The number of nitrogens with zero attached hydrogens (tertiary/aromatic N) is 1.